The van der Waals surface area contributed by atoms with E-state index in [0.717, 1.165) is 12.1 Å². The van der Waals surface area contributed by atoms with E-state index in [0.29, 0.717) is 13.0 Å². The Morgan fingerprint density at radius 1 is 1.32 bits per heavy atom. The third-order valence-electron chi connectivity index (χ3n) is 3.94. The average molecular weight is 331 g/mol. The van der Waals surface area contributed by atoms with Gasteiger partial charge < -0.3 is 4.90 Å². The summed E-state index contributed by atoms with van der Waals surface area (Å²) in [6.07, 6.45) is 0.572. The van der Waals surface area contributed by atoms with Crippen molar-refractivity contribution < 1.29 is 22.0 Å². The predicted octanol–water partition coefficient (Wildman–Crippen LogP) is 2.14. The first kappa shape index (κ1) is 16.9. The van der Waals surface area contributed by atoms with Crippen molar-refractivity contribution in [3.05, 3.63) is 35.4 Å². The van der Waals surface area contributed by atoms with Gasteiger partial charge in [-0.25, -0.2) is 17.2 Å². The fourth-order valence-electron chi connectivity index (χ4n) is 2.66. The fraction of sp³-hybridized carbons (Fsp3) is 0.533. The molecule has 22 heavy (non-hydrogen) atoms. The summed E-state index contributed by atoms with van der Waals surface area (Å²) in [6, 6.07) is 3.58. The minimum absolute atomic E-state index is 0.0182. The molecule has 1 fully saturated rings. The maximum Gasteiger partial charge on any atom is 0.223 e. The highest BCUT2D eigenvalue weighted by atomic mass is 32.2. The normalized spacial score (nSPS) is 20.0. The minimum atomic E-state index is -3.04. The molecule has 1 aromatic carbocycles. The van der Waals surface area contributed by atoms with Gasteiger partial charge >= 0.3 is 0 Å². The van der Waals surface area contributed by atoms with E-state index < -0.39 is 21.5 Å². The number of hydrogen-bond acceptors (Lipinski definition) is 3. The molecule has 1 heterocycles. The second kappa shape index (κ2) is 6.73. The van der Waals surface area contributed by atoms with Crippen LogP contribution in [0.15, 0.2) is 18.2 Å². The molecule has 0 saturated carbocycles. The highest BCUT2D eigenvalue weighted by molar-refractivity contribution is 7.91. The van der Waals surface area contributed by atoms with Crippen LogP contribution in [0.4, 0.5) is 8.78 Å². The molecule has 0 bridgehead atoms. The van der Waals surface area contributed by atoms with Crippen molar-refractivity contribution >= 4 is 15.7 Å². The number of hydrogen-bond donors (Lipinski definition) is 0. The van der Waals surface area contributed by atoms with Crippen LogP contribution in [0.3, 0.4) is 0 Å². The molecule has 7 heteroatoms. The SMILES string of the molecule is CCN(Cc1c(F)cccc1F)C(=O)C[C@@H]1CCS(=O)(=O)C1. The summed E-state index contributed by atoms with van der Waals surface area (Å²) >= 11 is 0. The maximum atomic E-state index is 13.7. The molecule has 0 aromatic heterocycles. The van der Waals surface area contributed by atoms with Gasteiger partial charge in [0.2, 0.25) is 5.91 Å². The first-order valence-electron chi connectivity index (χ1n) is 7.23. The molecule has 0 unspecified atom stereocenters. The molecule has 1 aliphatic rings. The van der Waals surface area contributed by atoms with E-state index in [1.807, 2.05) is 0 Å². The minimum Gasteiger partial charge on any atom is -0.338 e. The maximum absolute atomic E-state index is 13.7. The number of carbonyl (C=O) groups excluding carboxylic acids is 1. The number of carbonyl (C=O) groups is 1. The van der Waals surface area contributed by atoms with E-state index in [4.69, 9.17) is 0 Å². The Bertz CT molecular complexity index is 641. The molecule has 0 aliphatic carbocycles. The van der Waals surface area contributed by atoms with E-state index in [1.165, 1.54) is 11.0 Å². The van der Waals surface area contributed by atoms with Crippen LogP contribution >= 0.6 is 0 Å². The molecule has 0 spiro atoms. The molecule has 0 radical (unpaired) electrons. The summed E-state index contributed by atoms with van der Waals surface area (Å²) in [5.74, 6) is -1.71. The summed E-state index contributed by atoms with van der Waals surface area (Å²) < 4.78 is 50.2. The van der Waals surface area contributed by atoms with Crippen LogP contribution in [0.25, 0.3) is 0 Å². The lowest BCUT2D eigenvalue weighted by atomic mass is 10.0. The summed E-state index contributed by atoms with van der Waals surface area (Å²) in [7, 11) is -3.04. The van der Waals surface area contributed by atoms with Crippen LogP contribution in [0.1, 0.15) is 25.3 Å². The van der Waals surface area contributed by atoms with Gasteiger partial charge in [0.25, 0.3) is 0 Å². The summed E-state index contributed by atoms with van der Waals surface area (Å²) in [6.45, 7) is 1.89. The second-order valence-electron chi connectivity index (χ2n) is 5.58. The molecular formula is C15H19F2NO3S. The Balaban J connectivity index is 2.04. The van der Waals surface area contributed by atoms with Gasteiger partial charge in [-0.1, -0.05) is 6.07 Å². The van der Waals surface area contributed by atoms with Crippen molar-refractivity contribution in [2.75, 3.05) is 18.1 Å². The summed E-state index contributed by atoms with van der Waals surface area (Å²) in [5.41, 5.74) is -0.142. The Morgan fingerprint density at radius 2 is 1.95 bits per heavy atom. The number of halogens is 2. The van der Waals surface area contributed by atoms with Gasteiger partial charge in [0.15, 0.2) is 9.84 Å². The number of benzene rings is 1. The number of rotatable bonds is 5. The number of sulfone groups is 1. The summed E-state index contributed by atoms with van der Waals surface area (Å²) in [5, 5.41) is 0. The Hall–Kier alpha value is -1.50. The smallest absolute Gasteiger partial charge is 0.223 e. The highest BCUT2D eigenvalue weighted by Gasteiger charge is 2.30. The zero-order valence-electron chi connectivity index (χ0n) is 12.4. The Labute approximate surface area is 129 Å². The van der Waals surface area contributed by atoms with Crippen LogP contribution in [-0.2, 0) is 21.2 Å². The monoisotopic (exact) mass is 331 g/mol. The van der Waals surface area contributed by atoms with Crippen LogP contribution in [0.2, 0.25) is 0 Å². The van der Waals surface area contributed by atoms with Gasteiger partial charge in [-0.2, -0.15) is 0 Å². The molecule has 1 atom stereocenters. The van der Waals surface area contributed by atoms with Crippen molar-refractivity contribution in [1.82, 2.24) is 4.90 Å². The van der Waals surface area contributed by atoms with Gasteiger partial charge in [-0.3, -0.25) is 4.79 Å². The molecular weight excluding hydrogens is 312 g/mol. The van der Waals surface area contributed by atoms with Crippen LogP contribution in [0, 0.1) is 17.6 Å². The van der Waals surface area contributed by atoms with Gasteiger partial charge in [0, 0.05) is 18.5 Å². The van der Waals surface area contributed by atoms with Crippen molar-refractivity contribution in [3.63, 3.8) is 0 Å². The molecule has 1 saturated heterocycles. The third-order valence-corrected chi connectivity index (χ3v) is 5.77. The van der Waals surface area contributed by atoms with E-state index in [2.05, 4.69) is 0 Å². The van der Waals surface area contributed by atoms with Crippen molar-refractivity contribution in [2.45, 2.75) is 26.3 Å². The standard InChI is InChI=1S/C15H19F2NO3S/c1-2-18(9-12-13(16)4-3-5-14(12)17)15(19)8-11-6-7-22(20,21)10-11/h3-5,11H,2,6-10H2,1H3/t11-/m0/s1. The van der Waals surface area contributed by atoms with Gasteiger partial charge in [0.1, 0.15) is 11.6 Å². The van der Waals surface area contributed by atoms with Crippen LogP contribution in [0.5, 0.6) is 0 Å². The summed E-state index contributed by atoms with van der Waals surface area (Å²) in [4.78, 5) is 13.6. The molecule has 0 N–H and O–H groups in total. The van der Waals surface area contributed by atoms with Crippen molar-refractivity contribution in [2.24, 2.45) is 5.92 Å². The van der Waals surface area contributed by atoms with E-state index in [1.54, 1.807) is 6.92 Å². The Morgan fingerprint density at radius 3 is 2.45 bits per heavy atom. The Kier molecular flexibility index (Phi) is 5.16. The van der Waals surface area contributed by atoms with E-state index >= 15 is 0 Å². The topological polar surface area (TPSA) is 54.5 Å². The largest absolute Gasteiger partial charge is 0.338 e. The highest BCUT2D eigenvalue weighted by Crippen LogP contribution is 2.23. The molecule has 4 nitrogen and oxygen atoms in total. The molecule has 1 aliphatic heterocycles. The van der Waals surface area contributed by atoms with Gasteiger partial charge in [0.05, 0.1) is 18.1 Å². The fourth-order valence-corrected chi connectivity index (χ4v) is 4.52. The third kappa shape index (κ3) is 4.03. The lowest BCUT2D eigenvalue weighted by Crippen LogP contribution is -2.32. The first-order chi connectivity index (χ1) is 10.3. The zero-order chi connectivity index (χ0) is 16.3. The van der Waals surface area contributed by atoms with Gasteiger partial charge in [-0.15, -0.1) is 0 Å². The van der Waals surface area contributed by atoms with Crippen LogP contribution < -0.4 is 0 Å². The lowest BCUT2D eigenvalue weighted by molar-refractivity contribution is -0.132. The van der Waals surface area contributed by atoms with E-state index in [9.17, 15) is 22.0 Å². The molecule has 1 amide bonds. The first-order valence-corrected chi connectivity index (χ1v) is 9.05. The van der Waals surface area contributed by atoms with Crippen LogP contribution in [-0.4, -0.2) is 37.3 Å². The van der Waals surface area contributed by atoms with E-state index in [-0.39, 0.29) is 41.9 Å². The van der Waals surface area contributed by atoms with Crippen molar-refractivity contribution in [1.29, 1.82) is 0 Å². The average Bonchev–Trinajstić information content (AvgIpc) is 2.77. The lowest BCUT2D eigenvalue weighted by Gasteiger charge is -2.23. The van der Waals surface area contributed by atoms with Gasteiger partial charge in [-0.05, 0) is 31.4 Å². The number of amides is 1. The molecule has 1 aromatic rings. The molecule has 122 valence electrons. The molecule has 2 rings (SSSR count). The number of nitrogens with zero attached hydrogens (tertiary/aromatic N) is 1. The van der Waals surface area contributed by atoms with Crippen molar-refractivity contribution in [3.8, 4) is 0 Å². The zero-order valence-corrected chi connectivity index (χ0v) is 13.2. The second-order valence-corrected chi connectivity index (χ2v) is 7.81. The predicted molar refractivity (Wildman–Crippen MR) is 78.8 cm³/mol. The quantitative estimate of drug-likeness (QED) is 0.831.